The fraction of sp³-hybridized carbons (Fsp3) is 0.588. The number of ketones is 1. The summed E-state index contributed by atoms with van der Waals surface area (Å²) in [7, 11) is 1.46. The molecule has 0 saturated carbocycles. The summed E-state index contributed by atoms with van der Waals surface area (Å²) in [5.74, 6) is 0.300. The molecule has 1 aromatic carbocycles. The summed E-state index contributed by atoms with van der Waals surface area (Å²) in [4.78, 5) is 14.7. The molecule has 21 heavy (non-hydrogen) atoms. The molecule has 1 heterocycles. The molecule has 0 bridgehead atoms. The van der Waals surface area contributed by atoms with E-state index in [1.165, 1.54) is 26.0 Å². The molecule has 0 radical (unpaired) electrons. The van der Waals surface area contributed by atoms with Gasteiger partial charge in [0.05, 0.1) is 12.7 Å². The Bertz CT molecular complexity index is 504. The highest BCUT2D eigenvalue weighted by Gasteiger charge is 2.24. The second kappa shape index (κ2) is 7.03. The van der Waals surface area contributed by atoms with Crippen LogP contribution in [0.25, 0.3) is 0 Å². The maximum atomic E-state index is 13.9. The fourth-order valence-corrected chi connectivity index (χ4v) is 3.01. The zero-order chi connectivity index (χ0) is 15.4. The van der Waals surface area contributed by atoms with E-state index in [1.54, 1.807) is 12.1 Å². The van der Waals surface area contributed by atoms with Gasteiger partial charge in [-0.15, -0.1) is 0 Å². The summed E-state index contributed by atoms with van der Waals surface area (Å²) in [6, 6.07) is 4.99. The van der Waals surface area contributed by atoms with Crippen molar-refractivity contribution in [2.75, 3.05) is 20.2 Å². The van der Waals surface area contributed by atoms with Crippen molar-refractivity contribution in [1.29, 1.82) is 0 Å². The lowest BCUT2D eigenvalue weighted by atomic mass is 9.94. The number of hydrogen-bond donors (Lipinski definition) is 0. The second-order valence-electron chi connectivity index (χ2n) is 6.02. The molecule has 1 aliphatic heterocycles. The molecule has 2 atom stereocenters. The maximum Gasteiger partial charge on any atom is 0.170 e. The van der Waals surface area contributed by atoms with Crippen LogP contribution in [-0.2, 0) is 0 Å². The Morgan fingerprint density at radius 2 is 2.14 bits per heavy atom. The fourth-order valence-electron chi connectivity index (χ4n) is 3.01. The third kappa shape index (κ3) is 3.82. The number of methoxy groups -OCH3 is 1. The van der Waals surface area contributed by atoms with Gasteiger partial charge in [-0.05, 0) is 37.8 Å². The average Bonchev–Trinajstić information content (AvgIpc) is 2.47. The highest BCUT2D eigenvalue weighted by Crippen LogP contribution is 2.25. The van der Waals surface area contributed by atoms with E-state index in [1.807, 2.05) is 0 Å². The highest BCUT2D eigenvalue weighted by atomic mass is 19.1. The first-order chi connectivity index (χ1) is 10.0. The van der Waals surface area contributed by atoms with Crippen LogP contribution in [0.15, 0.2) is 18.2 Å². The lowest BCUT2D eigenvalue weighted by Gasteiger charge is -2.36. The number of carbonyl (C=O) groups excluding carboxylic acids is 1. The number of Topliss-reactive ketones (excluding diaryl/α,β-unsaturated/α-hetero) is 1. The second-order valence-corrected chi connectivity index (χ2v) is 6.02. The van der Waals surface area contributed by atoms with Crippen molar-refractivity contribution in [3.05, 3.63) is 29.6 Å². The molecule has 2 unspecified atom stereocenters. The zero-order valence-electron chi connectivity index (χ0n) is 13.1. The van der Waals surface area contributed by atoms with E-state index in [2.05, 4.69) is 18.7 Å². The lowest BCUT2D eigenvalue weighted by Crippen LogP contribution is -2.42. The minimum Gasteiger partial charge on any atom is -0.496 e. The average molecular weight is 293 g/mol. The summed E-state index contributed by atoms with van der Waals surface area (Å²) in [6.07, 6.45) is 2.74. The van der Waals surface area contributed by atoms with E-state index in [-0.39, 0.29) is 11.3 Å². The predicted molar refractivity (Wildman–Crippen MR) is 81.3 cm³/mol. The largest absolute Gasteiger partial charge is 0.496 e. The van der Waals surface area contributed by atoms with Crippen LogP contribution in [0.4, 0.5) is 4.39 Å². The predicted octanol–water partition coefficient (Wildman–Crippen LogP) is 3.53. The number of benzene rings is 1. The van der Waals surface area contributed by atoms with Crippen molar-refractivity contribution in [2.24, 2.45) is 5.92 Å². The number of carbonyl (C=O) groups is 1. The summed E-state index contributed by atoms with van der Waals surface area (Å²) >= 11 is 0. The molecule has 0 amide bonds. The van der Waals surface area contributed by atoms with Gasteiger partial charge in [-0.2, -0.15) is 0 Å². The van der Waals surface area contributed by atoms with E-state index < -0.39 is 5.82 Å². The molecule has 1 aromatic rings. The van der Waals surface area contributed by atoms with Crippen molar-refractivity contribution in [3.63, 3.8) is 0 Å². The number of rotatable bonds is 5. The molecule has 0 aliphatic carbocycles. The summed E-state index contributed by atoms with van der Waals surface area (Å²) in [6.45, 7) is 6.13. The Labute approximate surface area is 126 Å². The van der Waals surface area contributed by atoms with Crippen LogP contribution < -0.4 is 4.74 Å². The summed E-state index contributed by atoms with van der Waals surface area (Å²) in [5.41, 5.74) is 0.0812. The SMILES string of the molecule is COc1cccc(F)c1C(=O)CCN1CC(C)CCC1C. The van der Waals surface area contributed by atoms with Gasteiger partial charge >= 0.3 is 0 Å². The van der Waals surface area contributed by atoms with Crippen molar-refractivity contribution in [2.45, 2.75) is 39.2 Å². The number of hydrogen-bond acceptors (Lipinski definition) is 3. The molecule has 1 saturated heterocycles. The van der Waals surface area contributed by atoms with Gasteiger partial charge < -0.3 is 4.74 Å². The maximum absolute atomic E-state index is 13.9. The van der Waals surface area contributed by atoms with Crippen LogP contribution in [0.1, 0.15) is 43.5 Å². The Kier molecular flexibility index (Phi) is 5.34. The molecular weight excluding hydrogens is 269 g/mol. The van der Waals surface area contributed by atoms with E-state index in [4.69, 9.17) is 4.74 Å². The zero-order valence-corrected chi connectivity index (χ0v) is 13.1. The number of halogens is 1. The van der Waals surface area contributed by atoms with Crippen LogP contribution in [0.2, 0.25) is 0 Å². The Morgan fingerprint density at radius 3 is 2.86 bits per heavy atom. The van der Waals surface area contributed by atoms with Gasteiger partial charge in [-0.25, -0.2) is 4.39 Å². The first kappa shape index (κ1) is 16.0. The van der Waals surface area contributed by atoms with Gasteiger partial charge in [-0.3, -0.25) is 9.69 Å². The molecule has 0 N–H and O–H groups in total. The minimum absolute atomic E-state index is 0.0812. The minimum atomic E-state index is -0.501. The number of ether oxygens (including phenoxy) is 1. The standard InChI is InChI=1S/C17H24FNO2/c1-12-7-8-13(2)19(11-12)10-9-15(20)17-14(18)5-4-6-16(17)21-3/h4-6,12-13H,7-11H2,1-3H3. The molecule has 116 valence electrons. The Morgan fingerprint density at radius 1 is 1.38 bits per heavy atom. The normalized spacial score (nSPS) is 23.0. The van der Waals surface area contributed by atoms with E-state index in [0.717, 1.165) is 6.54 Å². The molecule has 0 aromatic heterocycles. The third-order valence-electron chi connectivity index (χ3n) is 4.35. The Balaban J connectivity index is 2.02. The van der Waals surface area contributed by atoms with Gasteiger partial charge in [0.25, 0.3) is 0 Å². The number of nitrogens with zero attached hydrogens (tertiary/aromatic N) is 1. The van der Waals surface area contributed by atoms with E-state index in [0.29, 0.717) is 30.7 Å². The van der Waals surface area contributed by atoms with Gasteiger partial charge in [0, 0.05) is 25.6 Å². The lowest BCUT2D eigenvalue weighted by molar-refractivity contribution is 0.0893. The van der Waals surface area contributed by atoms with Gasteiger partial charge in [0.15, 0.2) is 5.78 Å². The first-order valence-electron chi connectivity index (χ1n) is 7.62. The molecule has 1 fully saturated rings. The summed E-state index contributed by atoms with van der Waals surface area (Å²) < 4.78 is 19.0. The first-order valence-corrected chi connectivity index (χ1v) is 7.62. The molecule has 3 nitrogen and oxygen atoms in total. The molecular formula is C17H24FNO2. The molecule has 0 spiro atoms. The monoisotopic (exact) mass is 293 g/mol. The van der Waals surface area contributed by atoms with Crippen molar-refractivity contribution in [3.8, 4) is 5.75 Å². The number of likely N-dealkylation sites (tertiary alicyclic amines) is 1. The quantitative estimate of drug-likeness (QED) is 0.778. The molecule has 2 rings (SSSR count). The van der Waals surface area contributed by atoms with Crippen LogP contribution in [-0.4, -0.2) is 36.9 Å². The van der Waals surface area contributed by atoms with Gasteiger partial charge in [0.2, 0.25) is 0 Å². The third-order valence-corrected chi connectivity index (χ3v) is 4.35. The Hall–Kier alpha value is -1.42. The highest BCUT2D eigenvalue weighted by molar-refractivity contribution is 5.99. The smallest absolute Gasteiger partial charge is 0.170 e. The van der Waals surface area contributed by atoms with Crippen molar-refractivity contribution >= 4 is 5.78 Å². The van der Waals surface area contributed by atoms with Crippen molar-refractivity contribution < 1.29 is 13.9 Å². The topological polar surface area (TPSA) is 29.5 Å². The van der Waals surface area contributed by atoms with Crippen LogP contribution in [0.5, 0.6) is 5.75 Å². The van der Waals surface area contributed by atoms with Crippen LogP contribution in [0.3, 0.4) is 0 Å². The van der Waals surface area contributed by atoms with Crippen molar-refractivity contribution in [1.82, 2.24) is 4.90 Å². The van der Waals surface area contributed by atoms with E-state index >= 15 is 0 Å². The van der Waals surface area contributed by atoms with Gasteiger partial charge in [-0.1, -0.05) is 13.0 Å². The number of piperidine rings is 1. The van der Waals surface area contributed by atoms with Crippen LogP contribution in [0, 0.1) is 11.7 Å². The molecule has 1 aliphatic rings. The summed E-state index contributed by atoms with van der Waals surface area (Å²) in [5, 5.41) is 0. The van der Waals surface area contributed by atoms with Gasteiger partial charge in [0.1, 0.15) is 11.6 Å². The van der Waals surface area contributed by atoms with E-state index in [9.17, 15) is 9.18 Å². The van der Waals surface area contributed by atoms with Crippen LogP contribution >= 0.6 is 0 Å². The molecule has 4 heteroatoms.